The first-order chi connectivity index (χ1) is 10.3. The molecule has 0 aromatic carbocycles. The van der Waals surface area contributed by atoms with E-state index < -0.39 is 48.0 Å². The van der Waals surface area contributed by atoms with Gasteiger partial charge in [0.05, 0.1) is 6.61 Å². The van der Waals surface area contributed by atoms with E-state index in [0.29, 0.717) is 10.6 Å². The van der Waals surface area contributed by atoms with Crippen LogP contribution in [0.4, 0.5) is 8.78 Å². The number of aromatic nitrogens is 2. The summed E-state index contributed by atoms with van der Waals surface area (Å²) in [5.74, 6) is 0. The number of halogens is 2. The summed E-state index contributed by atoms with van der Waals surface area (Å²) in [6, 6.07) is 0.944. The molecule has 4 atom stereocenters. The highest BCUT2D eigenvalue weighted by molar-refractivity contribution is 5.14. The molecule has 2 rings (SSSR count). The third kappa shape index (κ3) is 2.78. The lowest BCUT2D eigenvalue weighted by atomic mass is 9.94. The number of ether oxygens (including phenoxy) is 1. The molecule has 8 nitrogen and oxygen atoms in total. The molecule has 1 saturated heterocycles. The van der Waals surface area contributed by atoms with E-state index >= 15 is 0 Å². The molecule has 1 fully saturated rings. The van der Waals surface area contributed by atoms with Crippen molar-refractivity contribution < 1.29 is 28.8 Å². The number of aromatic amines is 1. The predicted octanol–water partition coefficient (Wildman–Crippen LogP) is -1.55. The first-order valence-corrected chi connectivity index (χ1v) is 6.06. The normalized spacial score (nSPS) is 30.9. The molecule has 10 heteroatoms. The quantitative estimate of drug-likeness (QED) is 0.500. The first-order valence-electron chi connectivity index (χ1n) is 6.06. The molecule has 0 bridgehead atoms. The van der Waals surface area contributed by atoms with E-state index in [9.17, 15) is 28.6 Å². The first kappa shape index (κ1) is 16.3. The summed E-state index contributed by atoms with van der Waals surface area (Å²) in [4.78, 5) is 24.7. The van der Waals surface area contributed by atoms with Crippen LogP contribution in [0.5, 0.6) is 0 Å². The van der Waals surface area contributed by atoms with Gasteiger partial charge >= 0.3 is 11.8 Å². The fraction of sp³-hybridized carbons (Fsp3) is 0.417. The molecule has 0 saturated carbocycles. The maximum absolute atomic E-state index is 12.2. The Labute approximate surface area is 121 Å². The minimum atomic E-state index is -2.46. The topological polar surface area (TPSA) is 125 Å². The maximum atomic E-state index is 12.2. The number of hydrogen-bond acceptors (Lipinski definition) is 6. The highest BCUT2D eigenvalue weighted by atomic mass is 19.3. The van der Waals surface area contributed by atoms with Crippen molar-refractivity contribution in [2.45, 2.75) is 24.0 Å². The Morgan fingerprint density at radius 2 is 2.23 bits per heavy atom. The van der Waals surface area contributed by atoms with Gasteiger partial charge in [0.25, 0.3) is 5.56 Å². The third-order valence-corrected chi connectivity index (χ3v) is 3.22. The largest absolute Gasteiger partial charge is 0.394 e. The fourth-order valence-electron chi connectivity index (χ4n) is 2.16. The standard InChI is InChI=1S/C12H12F2N2O6/c13-7(14)1-3-12(21)9(19)6(5-17)22-10(12)16-4-2-8(18)15-11(16)20/h2-4,6,9-10,17,19,21H,5H2,(H,15,18,20)/t6-,9-,10-,12-/m1/s1. The second-order valence-corrected chi connectivity index (χ2v) is 4.61. The van der Waals surface area contributed by atoms with E-state index in [-0.39, 0.29) is 0 Å². The van der Waals surface area contributed by atoms with E-state index in [1.807, 2.05) is 4.98 Å². The summed E-state index contributed by atoms with van der Waals surface area (Å²) in [5.41, 5.74) is -2.73. The predicted molar refractivity (Wildman–Crippen MR) is 67.1 cm³/mol. The van der Waals surface area contributed by atoms with E-state index in [0.717, 1.165) is 12.3 Å². The van der Waals surface area contributed by atoms with Crippen LogP contribution in [-0.2, 0) is 4.74 Å². The Morgan fingerprint density at radius 3 is 2.77 bits per heavy atom. The number of aliphatic hydroxyl groups is 3. The molecule has 0 unspecified atom stereocenters. The molecule has 0 aliphatic carbocycles. The van der Waals surface area contributed by atoms with Gasteiger partial charge in [0.15, 0.2) is 11.8 Å². The number of H-pyrrole nitrogens is 1. The molecule has 1 aromatic rings. The van der Waals surface area contributed by atoms with Gasteiger partial charge in [0.2, 0.25) is 0 Å². The molecule has 1 aliphatic heterocycles. The van der Waals surface area contributed by atoms with Gasteiger partial charge < -0.3 is 20.1 Å². The van der Waals surface area contributed by atoms with Crippen LogP contribution in [0.1, 0.15) is 6.23 Å². The van der Waals surface area contributed by atoms with E-state index in [1.54, 1.807) is 0 Å². The van der Waals surface area contributed by atoms with E-state index in [1.165, 1.54) is 5.73 Å². The molecule has 0 amide bonds. The van der Waals surface area contributed by atoms with Gasteiger partial charge in [-0.05, 0) is 0 Å². The molecule has 2 heterocycles. The van der Waals surface area contributed by atoms with Crippen LogP contribution in [0.2, 0.25) is 0 Å². The van der Waals surface area contributed by atoms with E-state index in [4.69, 9.17) is 9.84 Å². The van der Waals surface area contributed by atoms with Crippen molar-refractivity contribution in [3.63, 3.8) is 0 Å². The zero-order valence-electron chi connectivity index (χ0n) is 10.9. The van der Waals surface area contributed by atoms with Crippen LogP contribution in [0, 0.1) is 0 Å². The second kappa shape index (κ2) is 5.95. The van der Waals surface area contributed by atoms with Crippen molar-refractivity contribution in [2.75, 3.05) is 6.61 Å². The molecule has 0 radical (unpaired) electrons. The highest BCUT2D eigenvalue weighted by Gasteiger charge is 2.55. The van der Waals surface area contributed by atoms with Crippen molar-refractivity contribution >= 4 is 0 Å². The van der Waals surface area contributed by atoms with E-state index in [2.05, 4.69) is 0 Å². The van der Waals surface area contributed by atoms with Crippen molar-refractivity contribution in [1.82, 2.24) is 9.55 Å². The molecular weight excluding hydrogens is 306 g/mol. The van der Waals surface area contributed by atoms with Gasteiger partial charge in [-0.1, -0.05) is 5.73 Å². The van der Waals surface area contributed by atoms with Gasteiger partial charge in [-0.25, -0.2) is 4.79 Å². The second-order valence-electron chi connectivity index (χ2n) is 4.61. The van der Waals surface area contributed by atoms with Crippen molar-refractivity contribution in [3.8, 4) is 0 Å². The zero-order valence-corrected chi connectivity index (χ0v) is 10.9. The number of nitrogens with zero attached hydrogens (tertiary/aromatic N) is 1. The van der Waals surface area contributed by atoms with Gasteiger partial charge in [0.1, 0.15) is 12.2 Å². The summed E-state index contributed by atoms with van der Waals surface area (Å²) in [7, 11) is 0. The lowest BCUT2D eigenvalue weighted by Gasteiger charge is -2.27. The lowest BCUT2D eigenvalue weighted by molar-refractivity contribution is -0.0814. The number of hydrogen-bond donors (Lipinski definition) is 4. The average molecular weight is 318 g/mol. The van der Waals surface area contributed by atoms with Crippen molar-refractivity contribution in [2.24, 2.45) is 0 Å². The Bertz CT molecular complexity index is 734. The summed E-state index contributed by atoms with van der Waals surface area (Å²) >= 11 is 0. The molecule has 22 heavy (non-hydrogen) atoms. The molecular formula is C12H12F2N2O6. The fourth-order valence-corrected chi connectivity index (χ4v) is 2.16. The minimum absolute atomic E-state index is 0.449. The summed E-state index contributed by atoms with van der Waals surface area (Å²) in [6.07, 6.45) is -5.61. The minimum Gasteiger partial charge on any atom is -0.394 e. The van der Waals surface area contributed by atoms with Crippen LogP contribution in [0.25, 0.3) is 0 Å². The van der Waals surface area contributed by atoms with Gasteiger partial charge in [-0.15, -0.1) is 0 Å². The van der Waals surface area contributed by atoms with Crippen LogP contribution in [0.3, 0.4) is 0 Å². The Kier molecular flexibility index (Phi) is 4.40. The van der Waals surface area contributed by atoms with Crippen LogP contribution < -0.4 is 11.2 Å². The summed E-state index contributed by atoms with van der Waals surface area (Å²) in [6.45, 7) is -0.728. The monoisotopic (exact) mass is 318 g/mol. The smallest absolute Gasteiger partial charge is 0.330 e. The molecule has 0 spiro atoms. The van der Waals surface area contributed by atoms with Gasteiger partial charge in [-0.3, -0.25) is 14.3 Å². The van der Waals surface area contributed by atoms with Crippen LogP contribution in [0.15, 0.2) is 39.7 Å². The summed E-state index contributed by atoms with van der Waals surface area (Å²) < 4.78 is 30.2. The Balaban J connectivity index is 2.58. The molecule has 1 aliphatic rings. The maximum Gasteiger partial charge on any atom is 0.330 e. The van der Waals surface area contributed by atoms with Crippen LogP contribution >= 0.6 is 0 Å². The number of rotatable bonds is 3. The Hall–Kier alpha value is -2.10. The number of aliphatic hydroxyl groups excluding tert-OH is 2. The van der Waals surface area contributed by atoms with Crippen LogP contribution in [-0.4, -0.2) is 49.3 Å². The summed E-state index contributed by atoms with van der Waals surface area (Å²) in [5, 5.41) is 29.5. The SMILES string of the molecule is O=c1ccn([C@@H]2O[C@H](CO)[C@@H](O)[C@]2(O)C=C=C(F)F)c(=O)[nH]1. The molecule has 120 valence electrons. The lowest BCUT2D eigenvalue weighted by Crippen LogP contribution is -2.47. The highest BCUT2D eigenvalue weighted by Crippen LogP contribution is 2.38. The average Bonchev–Trinajstić information content (AvgIpc) is 2.70. The Morgan fingerprint density at radius 1 is 1.55 bits per heavy atom. The molecule has 1 aromatic heterocycles. The van der Waals surface area contributed by atoms with Crippen molar-refractivity contribution in [3.05, 3.63) is 51.0 Å². The third-order valence-electron chi connectivity index (χ3n) is 3.22. The van der Waals surface area contributed by atoms with Crippen molar-refractivity contribution in [1.29, 1.82) is 0 Å². The zero-order chi connectivity index (χ0) is 16.5. The van der Waals surface area contributed by atoms with Gasteiger partial charge in [0, 0.05) is 18.3 Å². The number of nitrogens with one attached hydrogen (secondary N) is 1. The van der Waals surface area contributed by atoms with Gasteiger partial charge in [-0.2, -0.15) is 8.78 Å². The molecule has 4 N–H and O–H groups in total.